The highest BCUT2D eigenvalue weighted by molar-refractivity contribution is 6.04. The number of hydrogen-bond donors (Lipinski definition) is 2. The molecule has 0 radical (unpaired) electrons. The summed E-state index contributed by atoms with van der Waals surface area (Å²) in [6, 6.07) is 5.98. The van der Waals surface area contributed by atoms with Crippen LogP contribution in [0, 0.1) is 12.8 Å². The van der Waals surface area contributed by atoms with Gasteiger partial charge in [-0.1, -0.05) is 18.6 Å². The topological polar surface area (TPSA) is 61.0 Å². The number of fused-ring (bicyclic) bond motifs is 1. The standard InChI is InChI=1S/C17H24N4O/c1-12-5-6-15-14(10-12)16(20-19-15)17(22)18-7-9-21-8-3-4-13(2)11-21/h5-6,10,13H,3-4,7-9,11H2,1-2H3,(H,18,22)(H,19,20). The van der Waals surface area contributed by atoms with Crippen molar-refractivity contribution in [2.75, 3.05) is 26.2 Å². The maximum atomic E-state index is 12.3. The number of rotatable bonds is 4. The molecule has 1 amide bonds. The van der Waals surface area contributed by atoms with Gasteiger partial charge in [-0.3, -0.25) is 9.89 Å². The summed E-state index contributed by atoms with van der Waals surface area (Å²) in [4.78, 5) is 14.8. The van der Waals surface area contributed by atoms with Crippen molar-refractivity contribution in [3.05, 3.63) is 29.5 Å². The van der Waals surface area contributed by atoms with Crippen molar-refractivity contribution >= 4 is 16.8 Å². The third-order valence-electron chi connectivity index (χ3n) is 4.39. The SMILES string of the molecule is Cc1ccc2[nH]nc(C(=O)NCCN3CCCC(C)C3)c2c1. The summed E-state index contributed by atoms with van der Waals surface area (Å²) in [7, 11) is 0. The minimum Gasteiger partial charge on any atom is -0.349 e. The summed E-state index contributed by atoms with van der Waals surface area (Å²) in [5, 5.41) is 11.0. The molecule has 0 aliphatic carbocycles. The molecule has 1 aromatic heterocycles. The fourth-order valence-corrected chi connectivity index (χ4v) is 3.20. The number of hydrogen-bond acceptors (Lipinski definition) is 3. The van der Waals surface area contributed by atoms with Crippen LogP contribution in [-0.2, 0) is 0 Å². The van der Waals surface area contributed by atoms with E-state index < -0.39 is 0 Å². The molecule has 3 rings (SSSR count). The number of nitrogens with one attached hydrogen (secondary N) is 2. The van der Waals surface area contributed by atoms with Crippen LogP contribution in [0.15, 0.2) is 18.2 Å². The number of piperidine rings is 1. The van der Waals surface area contributed by atoms with E-state index in [0.717, 1.165) is 42.0 Å². The lowest BCUT2D eigenvalue weighted by molar-refractivity contribution is 0.0940. The molecule has 1 unspecified atom stereocenters. The number of nitrogens with zero attached hydrogens (tertiary/aromatic N) is 2. The largest absolute Gasteiger partial charge is 0.349 e. The van der Waals surface area contributed by atoms with Crippen molar-refractivity contribution in [3.8, 4) is 0 Å². The zero-order valence-corrected chi connectivity index (χ0v) is 13.4. The highest BCUT2D eigenvalue weighted by atomic mass is 16.1. The number of H-pyrrole nitrogens is 1. The highest BCUT2D eigenvalue weighted by Crippen LogP contribution is 2.17. The lowest BCUT2D eigenvalue weighted by Crippen LogP contribution is -2.40. The first-order valence-electron chi connectivity index (χ1n) is 8.09. The summed E-state index contributed by atoms with van der Waals surface area (Å²) in [6.07, 6.45) is 2.58. The van der Waals surface area contributed by atoms with E-state index in [0.29, 0.717) is 12.2 Å². The van der Waals surface area contributed by atoms with Gasteiger partial charge in [0.2, 0.25) is 0 Å². The second kappa shape index (κ2) is 6.48. The molecule has 22 heavy (non-hydrogen) atoms. The van der Waals surface area contributed by atoms with Gasteiger partial charge < -0.3 is 10.2 Å². The fourth-order valence-electron chi connectivity index (χ4n) is 3.20. The molecule has 118 valence electrons. The monoisotopic (exact) mass is 300 g/mol. The van der Waals surface area contributed by atoms with Crippen molar-refractivity contribution in [2.45, 2.75) is 26.7 Å². The van der Waals surface area contributed by atoms with E-state index in [1.54, 1.807) is 0 Å². The number of benzene rings is 1. The maximum Gasteiger partial charge on any atom is 0.272 e. The van der Waals surface area contributed by atoms with Gasteiger partial charge in [0.25, 0.3) is 5.91 Å². The molecule has 5 nitrogen and oxygen atoms in total. The van der Waals surface area contributed by atoms with Crippen LogP contribution in [0.3, 0.4) is 0 Å². The van der Waals surface area contributed by atoms with E-state index in [1.807, 2.05) is 25.1 Å². The van der Waals surface area contributed by atoms with Gasteiger partial charge in [-0.15, -0.1) is 0 Å². The van der Waals surface area contributed by atoms with Crippen LogP contribution < -0.4 is 5.32 Å². The van der Waals surface area contributed by atoms with Crippen LogP contribution in [-0.4, -0.2) is 47.2 Å². The molecule has 1 fully saturated rings. The molecule has 2 aromatic rings. The van der Waals surface area contributed by atoms with Gasteiger partial charge in [0.1, 0.15) is 0 Å². The molecule has 2 heterocycles. The Labute approximate surface area is 131 Å². The van der Waals surface area contributed by atoms with E-state index >= 15 is 0 Å². The quantitative estimate of drug-likeness (QED) is 0.911. The second-order valence-electron chi connectivity index (χ2n) is 6.43. The number of amides is 1. The van der Waals surface area contributed by atoms with E-state index in [-0.39, 0.29) is 5.91 Å². The predicted molar refractivity (Wildman–Crippen MR) is 88.0 cm³/mol. The first kappa shape index (κ1) is 15.0. The van der Waals surface area contributed by atoms with Crippen LogP contribution in [0.1, 0.15) is 35.8 Å². The van der Waals surface area contributed by atoms with Crippen molar-refractivity contribution in [2.24, 2.45) is 5.92 Å². The molecule has 0 spiro atoms. The Hall–Kier alpha value is -1.88. The summed E-state index contributed by atoms with van der Waals surface area (Å²) >= 11 is 0. The predicted octanol–water partition coefficient (Wildman–Crippen LogP) is 2.33. The third kappa shape index (κ3) is 3.30. The Morgan fingerprint density at radius 3 is 3.18 bits per heavy atom. The molecule has 1 saturated heterocycles. The zero-order valence-electron chi connectivity index (χ0n) is 13.4. The number of carbonyl (C=O) groups is 1. The first-order chi connectivity index (χ1) is 10.6. The Morgan fingerprint density at radius 1 is 1.50 bits per heavy atom. The van der Waals surface area contributed by atoms with Gasteiger partial charge >= 0.3 is 0 Å². The van der Waals surface area contributed by atoms with E-state index in [1.165, 1.54) is 12.8 Å². The molecule has 0 bridgehead atoms. The van der Waals surface area contributed by atoms with E-state index in [2.05, 4.69) is 27.3 Å². The fraction of sp³-hybridized carbons (Fsp3) is 0.529. The number of carbonyl (C=O) groups excluding carboxylic acids is 1. The van der Waals surface area contributed by atoms with Crippen molar-refractivity contribution in [3.63, 3.8) is 0 Å². The Kier molecular flexibility index (Phi) is 4.43. The molecule has 1 atom stereocenters. The average molecular weight is 300 g/mol. The number of likely N-dealkylation sites (tertiary alicyclic amines) is 1. The molecule has 1 aliphatic rings. The minimum absolute atomic E-state index is 0.0955. The molecule has 1 aliphatic heterocycles. The smallest absolute Gasteiger partial charge is 0.272 e. The van der Waals surface area contributed by atoms with Crippen molar-refractivity contribution in [1.29, 1.82) is 0 Å². The lowest BCUT2D eigenvalue weighted by atomic mass is 10.0. The Morgan fingerprint density at radius 2 is 2.36 bits per heavy atom. The molecule has 1 aromatic carbocycles. The second-order valence-corrected chi connectivity index (χ2v) is 6.43. The number of aromatic nitrogens is 2. The van der Waals surface area contributed by atoms with Crippen LogP contribution in [0.2, 0.25) is 0 Å². The zero-order chi connectivity index (χ0) is 15.5. The van der Waals surface area contributed by atoms with Gasteiger partial charge in [-0.25, -0.2) is 0 Å². The van der Waals surface area contributed by atoms with Crippen LogP contribution >= 0.6 is 0 Å². The normalized spacial score (nSPS) is 19.5. The number of aryl methyl sites for hydroxylation is 1. The molecule has 5 heteroatoms. The van der Waals surface area contributed by atoms with Gasteiger partial charge in [0.15, 0.2) is 5.69 Å². The maximum absolute atomic E-state index is 12.3. The van der Waals surface area contributed by atoms with Gasteiger partial charge in [0, 0.05) is 25.0 Å². The summed E-state index contributed by atoms with van der Waals surface area (Å²) in [5.41, 5.74) is 2.52. The molecular formula is C17H24N4O. The summed E-state index contributed by atoms with van der Waals surface area (Å²) < 4.78 is 0. The molecular weight excluding hydrogens is 276 g/mol. The summed E-state index contributed by atoms with van der Waals surface area (Å²) in [5.74, 6) is 0.671. The Balaban J connectivity index is 1.58. The van der Waals surface area contributed by atoms with Crippen molar-refractivity contribution in [1.82, 2.24) is 20.4 Å². The van der Waals surface area contributed by atoms with Crippen molar-refractivity contribution < 1.29 is 4.79 Å². The minimum atomic E-state index is -0.0955. The van der Waals surface area contributed by atoms with Gasteiger partial charge in [0.05, 0.1) is 5.52 Å². The van der Waals surface area contributed by atoms with Crippen LogP contribution in [0.5, 0.6) is 0 Å². The molecule has 0 saturated carbocycles. The third-order valence-corrected chi connectivity index (χ3v) is 4.39. The van der Waals surface area contributed by atoms with Gasteiger partial charge in [-0.2, -0.15) is 5.10 Å². The lowest BCUT2D eigenvalue weighted by Gasteiger charge is -2.30. The van der Waals surface area contributed by atoms with Gasteiger partial charge in [-0.05, 0) is 44.4 Å². The average Bonchev–Trinajstić information content (AvgIpc) is 2.90. The van der Waals surface area contributed by atoms with E-state index in [4.69, 9.17) is 0 Å². The first-order valence-corrected chi connectivity index (χ1v) is 8.09. The van der Waals surface area contributed by atoms with Crippen LogP contribution in [0.4, 0.5) is 0 Å². The Bertz CT molecular complexity index is 664. The number of aromatic amines is 1. The molecule has 2 N–H and O–H groups in total. The summed E-state index contributed by atoms with van der Waals surface area (Å²) in [6.45, 7) is 8.18. The van der Waals surface area contributed by atoms with Crippen LogP contribution in [0.25, 0.3) is 10.9 Å². The highest BCUT2D eigenvalue weighted by Gasteiger charge is 2.17. The van der Waals surface area contributed by atoms with E-state index in [9.17, 15) is 4.79 Å².